The minimum absolute atomic E-state index is 0.152. The van der Waals surface area contributed by atoms with E-state index >= 15 is 0 Å². The molecule has 0 amide bonds. The lowest BCUT2D eigenvalue weighted by Gasteiger charge is -2.29. The predicted molar refractivity (Wildman–Crippen MR) is 83.1 cm³/mol. The number of ether oxygens (including phenoxy) is 1. The number of rotatable bonds is 8. The van der Waals surface area contributed by atoms with Crippen LogP contribution in [0.3, 0.4) is 0 Å². The van der Waals surface area contributed by atoms with Crippen molar-refractivity contribution in [3.8, 4) is 0 Å². The fourth-order valence-electron chi connectivity index (χ4n) is 1.95. The molecular formula is C13H22N2O6S. The number of nitrogens with zero attached hydrogens (tertiary/aromatic N) is 1. The van der Waals surface area contributed by atoms with Crippen LogP contribution in [0.25, 0.3) is 0 Å². The van der Waals surface area contributed by atoms with Crippen molar-refractivity contribution in [3.05, 3.63) is 32.6 Å². The number of H-pyrrole nitrogens is 1. The van der Waals surface area contributed by atoms with Gasteiger partial charge in [0, 0.05) is 18.9 Å². The second-order valence-electron chi connectivity index (χ2n) is 4.83. The van der Waals surface area contributed by atoms with Crippen LogP contribution in [0.15, 0.2) is 15.8 Å². The zero-order valence-corrected chi connectivity index (χ0v) is 13.5. The van der Waals surface area contributed by atoms with E-state index in [-0.39, 0.29) is 6.61 Å². The molecule has 0 aromatic carbocycles. The highest BCUT2D eigenvalue weighted by Crippen LogP contribution is 2.27. The summed E-state index contributed by atoms with van der Waals surface area (Å²) in [6.07, 6.45) is -2.88. The van der Waals surface area contributed by atoms with Crippen molar-refractivity contribution in [2.75, 3.05) is 19.5 Å². The predicted octanol–water partition coefficient (Wildman–Crippen LogP) is -1.17. The van der Waals surface area contributed by atoms with Crippen LogP contribution in [0.5, 0.6) is 0 Å². The highest BCUT2D eigenvalue weighted by atomic mass is 32.2. The van der Waals surface area contributed by atoms with Gasteiger partial charge in [0.2, 0.25) is 0 Å². The number of aromatic amines is 1. The Morgan fingerprint density at radius 1 is 1.32 bits per heavy atom. The molecule has 1 heterocycles. The number of aliphatic hydroxyl groups is 3. The van der Waals surface area contributed by atoms with Gasteiger partial charge < -0.3 is 20.1 Å². The van der Waals surface area contributed by atoms with E-state index in [1.54, 1.807) is 0 Å². The fraction of sp³-hybridized carbons (Fsp3) is 0.692. The Morgan fingerprint density at radius 3 is 2.50 bits per heavy atom. The average Bonchev–Trinajstić information content (AvgIpc) is 2.47. The van der Waals surface area contributed by atoms with E-state index in [2.05, 4.69) is 4.98 Å². The van der Waals surface area contributed by atoms with Gasteiger partial charge >= 0.3 is 5.69 Å². The summed E-state index contributed by atoms with van der Waals surface area (Å²) < 4.78 is 5.89. The monoisotopic (exact) mass is 334 g/mol. The number of aromatic nitrogens is 2. The standard InChI is InChI=1S/C13H22N2O6S/c1-4-22-12(10(18)9(17)8(16)6-21-3)15-5-7(2)11(19)14-13(15)20/h5,8-10,12,16-18H,4,6H2,1-3H3,(H,14,19,20)/t8-,9+,10-,12-/m1/s1. The molecule has 4 N–H and O–H groups in total. The normalized spacial score (nSPS) is 17.0. The van der Waals surface area contributed by atoms with Crippen LogP contribution in [0.2, 0.25) is 0 Å². The second kappa shape index (κ2) is 8.49. The molecule has 0 radical (unpaired) electrons. The van der Waals surface area contributed by atoms with Crippen molar-refractivity contribution in [1.82, 2.24) is 9.55 Å². The number of hydrogen-bond donors (Lipinski definition) is 4. The first-order chi connectivity index (χ1) is 10.3. The molecule has 4 atom stereocenters. The molecule has 9 heteroatoms. The van der Waals surface area contributed by atoms with Gasteiger partial charge in [0.1, 0.15) is 23.7 Å². The summed E-state index contributed by atoms with van der Waals surface area (Å²) in [5.41, 5.74) is -0.884. The Balaban J connectivity index is 3.15. The van der Waals surface area contributed by atoms with Crippen LogP contribution in [0.4, 0.5) is 0 Å². The molecule has 0 bridgehead atoms. The molecule has 1 aromatic heterocycles. The van der Waals surface area contributed by atoms with Gasteiger partial charge in [-0.3, -0.25) is 14.3 Å². The summed E-state index contributed by atoms with van der Waals surface area (Å²) >= 11 is 1.21. The largest absolute Gasteiger partial charge is 0.388 e. The number of thioether (sulfide) groups is 1. The molecule has 0 spiro atoms. The van der Waals surface area contributed by atoms with Gasteiger partial charge in [-0.05, 0) is 12.7 Å². The molecule has 1 aromatic rings. The SMILES string of the molecule is CCS[C@H]([C@H](O)[C@@H](O)[C@H](O)COC)n1cc(C)c(=O)[nH]c1=O. The molecule has 0 aliphatic heterocycles. The Labute approximate surface area is 131 Å². The summed E-state index contributed by atoms with van der Waals surface area (Å²) in [6.45, 7) is 3.21. The summed E-state index contributed by atoms with van der Waals surface area (Å²) in [4.78, 5) is 25.5. The molecule has 1 rings (SSSR count). The van der Waals surface area contributed by atoms with Crippen molar-refractivity contribution >= 4 is 11.8 Å². The third-order valence-electron chi connectivity index (χ3n) is 3.13. The van der Waals surface area contributed by atoms with Crippen LogP contribution in [-0.2, 0) is 4.74 Å². The first-order valence-corrected chi connectivity index (χ1v) is 7.85. The van der Waals surface area contributed by atoms with Gasteiger partial charge in [0.05, 0.1) is 6.61 Å². The molecule has 0 saturated carbocycles. The summed E-state index contributed by atoms with van der Waals surface area (Å²) in [6, 6.07) is 0. The molecule has 0 unspecified atom stereocenters. The van der Waals surface area contributed by atoms with Crippen LogP contribution in [0.1, 0.15) is 17.9 Å². The van der Waals surface area contributed by atoms with E-state index < -0.39 is 34.9 Å². The third-order valence-corrected chi connectivity index (χ3v) is 4.31. The number of nitrogens with one attached hydrogen (secondary N) is 1. The topological polar surface area (TPSA) is 125 Å². The van der Waals surface area contributed by atoms with Gasteiger partial charge in [-0.1, -0.05) is 6.92 Å². The minimum Gasteiger partial charge on any atom is -0.388 e. The highest BCUT2D eigenvalue weighted by Gasteiger charge is 2.33. The zero-order valence-electron chi connectivity index (χ0n) is 12.7. The zero-order chi connectivity index (χ0) is 16.9. The van der Waals surface area contributed by atoms with Crippen molar-refractivity contribution in [1.29, 1.82) is 0 Å². The van der Waals surface area contributed by atoms with Crippen molar-refractivity contribution < 1.29 is 20.1 Å². The van der Waals surface area contributed by atoms with Gasteiger partial charge in [-0.15, -0.1) is 11.8 Å². The summed E-state index contributed by atoms with van der Waals surface area (Å²) in [7, 11) is 1.36. The molecule has 0 aliphatic rings. The molecule has 8 nitrogen and oxygen atoms in total. The van der Waals surface area contributed by atoms with Crippen LogP contribution in [0, 0.1) is 6.92 Å². The Bertz CT molecular complexity index is 587. The lowest BCUT2D eigenvalue weighted by Crippen LogP contribution is -2.46. The average molecular weight is 334 g/mol. The van der Waals surface area contributed by atoms with E-state index in [0.717, 1.165) is 4.57 Å². The van der Waals surface area contributed by atoms with Gasteiger partial charge in [0.25, 0.3) is 5.56 Å². The van der Waals surface area contributed by atoms with Gasteiger partial charge in [-0.25, -0.2) is 4.79 Å². The van der Waals surface area contributed by atoms with E-state index in [1.165, 1.54) is 32.0 Å². The Kier molecular flexibility index (Phi) is 7.30. The number of methoxy groups -OCH3 is 1. The maximum Gasteiger partial charge on any atom is 0.329 e. The Hall–Kier alpha value is -1.13. The van der Waals surface area contributed by atoms with E-state index in [4.69, 9.17) is 4.74 Å². The number of aliphatic hydroxyl groups excluding tert-OH is 3. The highest BCUT2D eigenvalue weighted by molar-refractivity contribution is 7.99. The Morgan fingerprint density at radius 2 is 1.95 bits per heavy atom. The summed E-state index contributed by atoms with van der Waals surface area (Å²) in [5, 5.41) is 29.2. The molecule has 126 valence electrons. The van der Waals surface area contributed by atoms with E-state index in [1.807, 2.05) is 6.92 Å². The molecule has 0 aliphatic carbocycles. The molecule has 0 saturated heterocycles. The third kappa shape index (κ3) is 4.43. The lowest BCUT2D eigenvalue weighted by molar-refractivity contribution is -0.0875. The van der Waals surface area contributed by atoms with E-state index in [0.29, 0.717) is 11.3 Å². The van der Waals surface area contributed by atoms with Gasteiger partial charge in [0.15, 0.2) is 0 Å². The number of hydrogen-bond acceptors (Lipinski definition) is 7. The maximum absolute atomic E-state index is 11.9. The number of aryl methyl sites for hydroxylation is 1. The lowest BCUT2D eigenvalue weighted by atomic mass is 10.1. The van der Waals surface area contributed by atoms with Crippen molar-refractivity contribution in [2.24, 2.45) is 0 Å². The molecular weight excluding hydrogens is 312 g/mol. The first-order valence-electron chi connectivity index (χ1n) is 6.80. The quantitative estimate of drug-likeness (QED) is 0.472. The first kappa shape index (κ1) is 18.9. The van der Waals surface area contributed by atoms with Crippen LogP contribution in [-0.4, -0.2) is 62.7 Å². The maximum atomic E-state index is 11.9. The van der Waals surface area contributed by atoms with Crippen LogP contribution >= 0.6 is 11.8 Å². The van der Waals surface area contributed by atoms with E-state index in [9.17, 15) is 24.9 Å². The van der Waals surface area contributed by atoms with Crippen molar-refractivity contribution in [2.45, 2.75) is 37.5 Å². The summed E-state index contributed by atoms with van der Waals surface area (Å²) in [5.74, 6) is 0.555. The molecule has 22 heavy (non-hydrogen) atoms. The minimum atomic E-state index is -1.50. The van der Waals surface area contributed by atoms with Crippen LogP contribution < -0.4 is 11.2 Å². The second-order valence-corrected chi connectivity index (χ2v) is 6.22. The molecule has 0 fully saturated rings. The van der Waals surface area contributed by atoms with Crippen molar-refractivity contribution in [3.63, 3.8) is 0 Å². The smallest absolute Gasteiger partial charge is 0.329 e. The van der Waals surface area contributed by atoms with Gasteiger partial charge in [-0.2, -0.15) is 0 Å². The fourth-order valence-corrected chi connectivity index (χ4v) is 2.97.